The molecular formula is C24H27N5O2. The average Bonchev–Trinajstić information content (AvgIpc) is 3.22. The Balaban J connectivity index is 1.41. The maximum atomic E-state index is 12.6. The molecule has 3 heterocycles. The SMILES string of the molecule is COc1ccc(NC(=O)CN2CCC[C@H]2c2cccc(Nc3cccc(C)n3)n2)cc1. The van der Waals surface area contributed by atoms with E-state index in [-0.39, 0.29) is 11.9 Å². The molecule has 160 valence electrons. The Hall–Kier alpha value is -3.45. The summed E-state index contributed by atoms with van der Waals surface area (Å²) in [5.41, 5.74) is 2.68. The number of amides is 1. The molecule has 2 N–H and O–H groups in total. The van der Waals surface area contributed by atoms with Crippen LogP contribution in [0.1, 0.15) is 30.3 Å². The molecule has 7 nitrogen and oxygen atoms in total. The van der Waals surface area contributed by atoms with Crippen molar-refractivity contribution < 1.29 is 9.53 Å². The first-order chi connectivity index (χ1) is 15.1. The highest BCUT2D eigenvalue weighted by Crippen LogP contribution is 2.31. The van der Waals surface area contributed by atoms with Crippen LogP contribution >= 0.6 is 0 Å². The van der Waals surface area contributed by atoms with Gasteiger partial charge in [0.25, 0.3) is 0 Å². The third-order valence-electron chi connectivity index (χ3n) is 5.34. The van der Waals surface area contributed by atoms with E-state index in [2.05, 4.69) is 20.5 Å². The number of anilines is 3. The molecule has 1 aliphatic rings. The van der Waals surface area contributed by atoms with Gasteiger partial charge in [-0.05, 0) is 74.8 Å². The quantitative estimate of drug-likeness (QED) is 0.596. The first-order valence-corrected chi connectivity index (χ1v) is 10.5. The van der Waals surface area contributed by atoms with Crippen LogP contribution in [0.2, 0.25) is 0 Å². The predicted molar refractivity (Wildman–Crippen MR) is 122 cm³/mol. The second-order valence-corrected chi connectivity index (χ2v) is 7.64. The van der Waals surface area contributed by atoms with Crippen LogP contribution < -0.4 is 15.4 Å². The second-order valence-electron chi connectivity index (χ2n) is 7.64. The van der Waals surface area contributed by atoms with Gasteiger partial charge in [-0.25, -0.2) is 9.97 Å². The van der Waals surface area contributed by atoms with Gasteiger partial charge in [0.1, 0.15) is 17.4 Å². The number of carbonyl (C=O) groups is 1. The Morgan fingerprint density at radius 1 is 1.06 bits per heavy atom. The average molecular weight is 418 g/mol. The lowest BCUT2D eigenvalue weighted by molar-refractivity contribution is -0.117. The van der Waals surface area contributed by atoms with Crippen LogP contribution in [0.4, 0.5) is 17.3 Å². The van der Waals surface area contributed by atoms with E-state index in [1.54, 1.807) is 7.11 Å². The highest BCUT2D eigenvalue weighted by atomic mass is 16.5. The molecule has 1 atom stereocenters. The molecule has 0 saturated carbocycles. The summed E-state index contributed by atoms with van der Waals surface area (Å²) in [7, 11) is 1.62. The summed E-state index contributed by atoms with van der Waals surface area (Å²) in [6, 6.07) is 19.3. The Kier molecular flexibility index (Phi) is 6.43. The molecule has 1 aromatic carbocycles. The maximum Gasteiger partial charge on any atom is 0.238 e. The molecule has 2 aromatic heterocycles. The lowest BCUT2D eigenvalue weighted by Crippen LogP contribution is -2.33. The van der Waals surface area contributed by atoms with Crippen molar-refractivity contribution in [3.8, 4) is 5.75 Å². The van der Waals surface area contributed by atoms with Gasteiger partial charge < -0.3 is 15.4 Å². The molecule has 1 aliphatic heterocycles. The number of ether oxygens (including phenoxy) is 1. The van der Waals surface area contributed by atoms with Gasteiger partial charge in [0, 0.05) is 11.4 Å². The van der Waals surface area contributed by atoms with Crippen LogP contribution in [0, 0.1) is 6.92 Å². The van der Waals surface area contributed by atoms with Crippen molar-refractivity contribution in [1.29, 1.82) is 0 Å². The third-order valence-corrected chi connectivity index (χ3v) is 5.34. The van der Waals surface area contributed by atoms with Crippen LogP contribution in [-0.4, -0.2) is 41.0 Å². The van der Waals surface area contributed by atoms with Gasteiger partial charge in [-0.1, -0.05) is 12.1 Å². The molecule has 1 saturated heterocycles. The number of carbonyl (C=O) groups excluding carboxylic acids is 1. The number of hydrogen-bond acceptors (Lipinski definition) is 6. The van der Waals surface area contributed by atoms with Crippen molar-refractivity contribution in [3.05, 3.63) is 72.1 Å². The first-order valence-electron chi connectivity index (χ1n) is 10.5. The summed E-state index contributed by atoms with van der Waals surface area (Å²) >= 11 is 0. The first kappa shape index (κ1) is 20.8. The monoisotopic (exact) mass is 417 g/mol. The number of likely N-dealkylation sites (tertiary alicyclic amines) is 1. The van der Waals surface area contributed by atoms with Crippen molar-refractivity contribution in [2.24, 2.45) is 0 Å². The highest BCUT2D eigenvalue weighted by molar-refractivity contribution is 5.92. The number of rotatable bonds is 7. The molecule has 0 radical (unpaired) electrons. The highest BCUT2D eigenvalue weighted by Gasteiger charge is 2.28. The van der Waals surface area contributed by atoms with Crippen LogP contribution in [-0.2, 0) is 4.79 Å². The van der Waals surface area contributed by atoms with Gasteiger partial charge in [0.2, 0.25) is 5.91 Å². The van der Waals surface area contributed by atoms with E-state index in [1.807, 2.05) is 67.6 Å². The van der Waals surface area contributed by atoms with Crippen molar-refractivity contribution in [2.75, 3.05) is 30.8 Å². The zero-order chi connectivity index (χ0) is 21.6. The lowest BCUT2D eigenvalue weighted by atomic mass is 10.1. The van der Waals surface area contributed by atoms with Crippen molar-refractivity contribution in [3.63, 3.8) is 0 Å². The van der Waals surface area contributed by atoms with E-state index < -0.39 is 0 Å². The predicted octanol–water partition coefficient (Wildman–Crippen LogP) is 4.31. The lowest BCUT2D eigenvalue weighted by Gasteiger charge is -2.24. The minimum atomic E-state index is -0.0321. The van der Waals surface area contributed by atoms with E-state index in [1.165, 1.54) is 0 Å². The molecule has 1 fully saturated rings. The molecule has 0 unspecified atom stereocenters. The smallest absolute Gasteiger partial charge is 0.238 e. The fraction of sp³-hybridized carbons (Fsp3) is 0.292. The van der Waals surface area contributed by atoms with Gasteiger partial charge in [-0.3, -0.25) is 9.69 Å². The van der Waals surface area contributed by atoms with Gasteiger partial charge >= 0.3 is 0 Å². The Morgan fingerprint density at radius 3 is 2.55 bits per heavy atom. The molecule has 3 aromatic rings. The number of methoxy groups -OCH3 is 1. The van der Waals surface area contributed by atoms with Crippen LogP contribution in [0.5, 0.6) is 5.75 Å². The number of nitrogens with zero attached hydrogens (tertiary/aromatic N) is 3. The van der Waals surface area contributed by atoms with Gasteiger partial charge in [-0.15, -0.1) is 0 Å². The summed E-state index contributed by atoms with van der Waals surface area (Å²) in [6.45, 7) is 3.16. The van der Waals surface area contributed by atoms with E-state index in [9.17, 15) is 4.79 Å². The zero-order valence-corrected chi connectivity index (χ0v) is 17.8. The third kappa shape index (κ3) is 5.38. The second kappa shape index (κ2) is 9.57. The molecule has 1 amide bonds. The molecule has 0 aliphatic carbocycles. The molecule has 0 bridgehead atoms. The fourth-order valence-corrected chi connectivity index (χ4v) is 3.86. The summed E-state index contributed by atoms with van der Waals surface area (Å²) in [4.78, 5) is 24.1. The summed E-state index contributed by atoms with van der Waals surface area (Å²) in [5.74, 6) is 2.25. The largest absolute Gasteiger partial charge is 0.497 e. The summed E-state index contributed by atoms with van der Waals surface area (Å²) < 4.78 is 5.16. The van der Waals surface area contributed by atoms with Crippen LogP contribution in [0.3, 0.4) is 0 Å². The van der Waals surface area contributed by atoms with Crippen LogP contribution in [0.25, 0.3) is 0 Å². The number of aryl methyl sites for hydroxylation is 1. The Bertz CT molecular complexity index is 1040. The summed E-state index contributed by atoms with van der Waals surface area (Å²) in [6.07, 6.45) is 2.02. The molecular weight excluding hydrogens is 390 g/mol. The minimum absolute atomic E-state index is 0.0321. The Labute approximate surface area is 182 Å². The molecule has 0 spiro atoms. The molecule has 4 rings (SSSR count). The van der Waals surface area contributed by atoms with Crippen molar-refractivity contribution in [2.45, 2.75) is 25.8 Å². The molecule has 31 heavy (non-hydrogen) atoms. The Morgan fingerprint density at radius 2 is 1.81 bits per heavy atom. The van der Waals surface area contributed by atoms with Gasteiger partial charge in [-0.2, -0.15) is 0 Å². The van der Waals surface area contributed by atoms with E-state index >= 15 is 0 Å². The van der Waals surface area contributed by atoms with Gasteiger partial charge in [0.15, 0.2) is 0 Å². The maximum absolute atomic E-state index is 12.6. The molecule has 7 heteroatoms. The number of hydrogen-bond donors (Lipinski definition) is 2. The number of nitrogens with one attached hydrogen (secondary N) is 2. The number of aromatic nitrogens is 2. The zero-order valence-electron chi connectivity index (χ0n) is 17.8. The number of pyridine rings is 2. The minimum Gasteiger partial charge on any atom is -0.497 e. The van der Waals surface area contributed by atoms with Gasteiger partial charge in [0.05, 0.1) is 25.4 Å². The van der Waals surface area contributed by atoms with Crippen molar-refractivity contribution >= 4 is 23.2 Å². The van der Waals surface area contributed by atoms with E-state index in [0.717, 1.165) is 53.8 Å². The van der Waals surface area contributed by atoms with Crippen molar-refractivity contribution in [1.82, 2.24) is 14.9 Å². The van der Waals surface area contributed by atoms with Crippen LogP contribution in [0.15, 0.2) is 60.7 Å². The standard InChI is InChI=1S/C24H27N5O2/c1-17-6-3-9-22(25-17)28-23-10-4-7-20(27-23)21-8-5-15-29(21)16-24(30)26-18-11-13-19(31-2)14-12-18/h3-4,6-7,9-14,21H,5,8,15-16H2,1-2H3,(H,26,30)(H,25,27,28)/t21-/m0/s1. The normalized spacial score (nSPS) is 16.1. The number of benzene rings is 1. The van der Waals surface area contributed by atoms with E-state index in [4.69, 9.17) is 9.72 Å². The van der Waals surface area contributed by atoms with E-state index in [0.29, 0.717) is 6.54 Å². The topological polar surface area (TPSA) is 79.4 Å². The fourth-order valence-electron chi connectivity index (χ4n) is 3.86. The summed E-state index contributed by atoms with van der Waals surface area (Å²) in [5, 5.41) is 6.24.